The van der Waals surface area contributed by atoms with E-state index in [4.69, 9.17) is 0 Å². The van der Waals surface area contributed by atoms with Gasteiger partial charge in [-0.25, -0.2) is 4.98 Å². The second kappa shape index (κ2) is 6.52. The average Bonchev–Trinajstić information content (AvgIpc) is 3.24. The Morgan fingerprint density at radius 2 is 1.86 bits per heavy atom. The number of hydrogen-bond donors (Lipinski definition) is 0. The van der Waals surface area contributed by atoms with Gasteiger partial charge in [0.1, 0.15) is 0 Å². The van der Waals surface area contributed by atoms with E-state index in [2.05, 4.69) is 9.97 Å². The molecule has 5 aromatic rings. The van der Waals surface area contributed by atoms with Crippen molar-refractivity contribution in [2.75, 3.05) is 0 Å². The summed E-state index contributed by atoms with van der Waals surface area (Å²) in [5.41, 5.74) is 2.47. The number of benzene rings is 1. The molecule has 0 saturated carbocycles. The Kier molecular flexibility index (Phi) is 3.95. The monoisotopic (exact) mass is 403 g/mol. The number of rotatable bonds is 3. The molecule has 4 heterocycles. The lowest BCUT2D eigenvalue weighted by molar-refractivity contribution is 0.663. The van der Waals surface area contributed by atoms with Gasteiger partial charge in [0.2, 0.25) is 5.13 Å². The lowest BCUT2D eigenvalue weighted by Crippen LogP contribution is -2.24. The summed E-state index contributed by atoms with van der Waals surface area (Å²) in [4.78, 5) is 35.1. The molecule has 8 heteroatoms. The Morgan fingerprint density at radius 1 is 1.07 bits per heavy atom. The number of para-hydroxylation sites is 1. The van der Waals surface area contributed by atoms with Crippen molar-refractivity contribution in [1.82, 2.24) is 23.9 Å². The predicted octanol–water partition coefficient (Wildman–Crippen LogP) is 2.85. The third-order valence-electron chi connectivity index (χ3n) is 5.11. The summed E-state index contributed by atoms with van der Waals surface area (Å²) in [6, 6.07) is 14.8. The van der Waals surface area contributed by atoms with Gasteiger partial charge in [0.05, 0.1) is 33.4 Å². The molecule has 0 N–H and O–H groups in total. The molecule has 0 saturated heterocycles. The highest BCUT2D eigenvalue weighted by atomic mass is 32.1. The molecule has 29 heavy (non-hydrogen) atoms. The predicted molar refractivity (Wildman–Crippen MR) is 114 cm³/mol. The minimum atomic E-state index is -0.186. The summed E-state index contributed by atoms with van der Waals surface area (Å²) in [6.07, 6.45) is 1.69. The number of aromatic nitrogens is 5. The van der Waals surface area contributed by atoms with Gasteiger partial charge in [-0.05, 0) is 31.2 Å². The van der Waals surface area contributed by atoms with E-state index >= 15 is 0 Å². The van der Waals surface area contributed by atoms with E-state index in [1.807, 2.05) is 42.5 Å². The maximum Gasteiger partial charge on any atom is 0.283 e. The second-order valence-electron chi connectivity index (χ2n) is 6.84. The van der Waals surface area contributed by atoms with Crippen LogP contribution in [-0.2, 0) is 13.6 Å². The minimum absolute atomic E-state index is 0.169. The molecule has 0 spiro atoms. The van der Waals surface area contributed by atoms with E-state index in [9.17, 15) is 9.59 Å². The van der Waals surface area contributed by atoms with Gasteiger partial charge in [-0.2, -0.15) is 4.68 Å². The van der Waals surface area contributed by atoms with Crippen LogP contribution < -0.4 is 11.1 Å². The fraction of sp³-hybridized carbons (Fsp3) is 0.143. The third-order valence-corrected chi connectivity index (χ3v) is 6.13. The topological polar surface area (TPSA) is 74.7 Å². The lowest BCUT2D eigenvalue weighted by atomic mass is 10.2. The zero-order chi connectivity index (χ0) is 20.1. The Hall–Kier alpha value is -3.52. The van der Waals surface area contributed by atoms with Crippen molar-refractivity contribution in [2.45, 2.75) is 13.5 Å². The molecule has 0 aliphatic heterocycles. The second-order valence-corrected chi connectivity index (χ2v) is 7.85. The molecular weight excluding hydrogens is 386 g/mol. The summed E-state index contributed by atoms with van der Waals surface area (Å²) in [7, 11) is 1.78. The highest BCUT2D eigenvalue weighted by Crippen LogP contribution is 2.25. The molecule has 0 amide bonds. The Labute approximate surface area is 169 Å². The quantitative estimate of drug-likeness (QED) is 0.464. The van der Waals surface area contributed by atoms with Crippen LogP contribution in [0.5, 0.6) is 0 Å². The van der Waals surface area contributed by atoms with Gasteiger partial charge in [0.15, 0.2) is 0 Å². The van der Waals surface area contributed by atoms with Crippen LogP contribution in [0.2, 0.25) is 0 Å². The first kappa shape index (κ1) is 17.6. The van der Waals surface area contributed by atoms with E-state index in [0.29, 0.717) is 28.3 Å². The van der Waals surface area contributed by atoms with E-state index in [1.165, 1.54) is 22.1 Å². The smallest absolute Gasteiger partial charge is 0.283 e. The van der Waals surface area contributed by atoms with Crippen molar-refractivity contribution in [3.63, 3.8) is 0 Å². The summed E-state index contributed by atoms with van der Waals surface area (Å²) in [6.45, 7) is 2.12. The fourth-order valence-corrected chi connectivity index (χ4v) is 4.64. The van der Waals surface area contributed by atoms with Gasteiger partial charge in [0, 0.05) is 25.0 Å². The molecule has 4 aromatic heterocycles. The van der Waals surface area contributed by atoms with E-state index in [0.717, 1.165) is 15.9 Å². The molecule has 7 nitrogen and oxygen atoms in total. The molecule has 0 aliphatic carbocycles. The number of fused-ring (bicyclic) bond motifs is 2. The van der Waals surface area contributed by atoms with Gasteiger partial charge in [0.25, 0.3) is 11.1 Å². The van der Waals surface area contributed by atoms with Crippen LogP contribution in [0, 0.1) is 6.92 Å². The van der Waals surface area contributed by atoms with Crippen LogP contribution in [0.1, 0.15) is 11.4 Å². The summed E-state index contributed by atoms with van der Waals surface area (Å²) in [5, 5.41) is 1.10. The normalized spacial score (nSPS) is 11.5. The molecule has 0 fully saturated rings. The first-order chi connectivity index (χ1) is 14.0. The van der Waals surface area contributed by atoms with Crippen LogP contribution in [-0.4, -0.2) is 23.9 Å². The summed E-state index contributed by atoms with van der Waals surface area (Å²) < 4.78 is 5.84. The van der Waals surface area contributed by atoms with Crippen LogP contribution in [0.15, 0.2) is 64.3 Å². The van der Waals surface area contributed by atoms with Gasteiger partial charge >= 0.3 is 0 Å². The highest BCUT2D eigenvalue weighted by molar-refractivity contribution is 7.20. The summed E-state index contributed by atoms with van der Waals surface area (Å²) in [5.74, 6) is 0. The van der Waals surface area contributed by atoms with Crippen LogP contribution in [0.25, 0.3) is 26.3 Å². The molecule has 1 aromatic carbocycles. The largest absolute Gasteiger partial charge is 0.306 e. The average molecular weight is 403 g/mol. The summed E-state index contributed by atoms with van der Waals surface area (Å²) >= 11 is 1.45. The van der Waals surface area contributed by atoms with Crippen LogP contribution >= 0.6 is 11.3 Å². The number of thiazole rings is 1. The fourth-order valence-electron chi connectivity index (χ4n) is 3.64. The molecule has 5 rings (SSSR count). The lowest BCUT2D eigenvalue weighted by Gasteiger charge is -2.10. The van der Waals surface area contributed by atoms with E-state index in [-0.39, 0.29) is 11.1 Å². The van der Waals surface area contributed by atoms with Crippen molar-refractivity contribution in [2.24, 2.45) is 7.05 Å². The maximum absolute atomic E-state index is 13.3. The molecular formula is C21H17N5O2S. The SMILES string of the molecule is Cc1c2c(=O)n(-c3nc4ccccc4s3)n(C)c2cc(=O)n1Cc1ccccn1. The molecule has 0 unspecified atom stereocenters. The van der Waals surface area contributed by atoms with Crippen molar-refractivity contribution in [3.8, 4) is 5.13 Å². The number of aryl methyl sites for hydroxylation is 2. The van der Waals surface area contributed by atoms with Gasteiger partial charge in [-0.15, -0.1) is 0 Å². The Balaban J connectivity index is 1.75. The maximum atomic E-state index is 13.3. The van der Waals surface area contributed by atoms with Crippen LogP contribution in [0.3, 0.4) is 0 Å². The molecule has 0 radical (unpaired) electrons. The van der Waals surface area contributed by atoms with Gasteiger partial charge < -0.3 is 4.57 Å². The van der Waals surface area contributed by atoms with Gasteiger partial charge in [-0.1, -0.05) is 29.5 Å². The van der Waals surface area contributed by atoms with Crippen LogP contribution in [0.4, 0.5) is 0 Å². The van der Waals surface area contributed by atoms with Gasteiger partial charge in [-0.3, -0.25) is 19.3 Å². The molecule has 0 aliphatic rings. The van der Waals surface area contributed by atoms with E-state index < -0.39 is 0 Å². The Morgan fingerprint density at radius 3 is 2.62 bits per heavy atom. The zero-order valence-corrected chi connectivity index (χ0v) is 16.7. The first-order valence-electron chi connectivity index (χ1n) is 9.12. The standard InChI is InChI=1S/C21H17N5O2S/c1-13-19-16(11-18(27)25(13)12-14-7-5-6-10-22-14)24(2)26(20(19)28)21-23-15-8-3-4-9-17(15)29-21/h3-11H,12H2,1-2H3. The first-order valence-corrected chi connectivity index (χ1v) is 9.94. The molecule has 0 bridgehead atoms. The van der Waals surface area contributed by atoms with Crippen molar-refractivity contribution in [1.29, 1.82) is 0 Å². The third kappa shape index (κ3) is 2.72. The number of hydrogen-bond acceptors (Lipinski definition) is 5. The van der Waals surface area contributed by atoms with Crippen molar-refractivity contribution in [3.05, 3.63) is 86.8 Å². The minimum Gasteiger partial charge on any atom is -0.306 e. The van der Waals surface area contributed by atoms with Crippen molar-refractivity contribution < 1.29 is 0 Å². The Bertz CT molecular complexity index is 1460. The molecule has 144 valence electrons. The van der Waals surface area contributed by atoms with E-state index in [1.54, 1.807) is 29.4 Å². The molecule has 0 atom stereocenters. The number of nitrogens with zero attached hydrogens (tertiary/aromatic N) is 5. The van der Waals surface area contributed by atoms with Crippen molar-refractivity contribution >= 4 is 32.5 Å². The zero-order valence-electron chi connectivity index (χ0n) is 15.9. The number of pyridine rings is 2. The highest BCUT2D eigenvalue weighted by Gasteiger charge is 2.20.